The van der Waals surface area contributed by atoms with E-state index >= 15 is 0 Å². The first-order chi connectivity index (χ1) is 5.24. The van der Waals surface area contributed by atoms with Gasteiger partial charge in [-0.3, -0.25) is 0 Å². The summed E-state index contributed by atoms with van der Waals surface area (Å²) in [7, 11) is 0. The van der Waals surface area contributed by atoms with Crippen LogP contribution in [0.4, 0.5) is 0 Å². The van der Waals surface area contributed by atoms with Crippen molar-refractivity contribution in [3.63, 3.8) is 0 Å². The zero-order valence-corrected chi connectivity index (χ0v) is 8.90. The molecule has 0 nitrogen and oxygen atoms in total. The van der Waals surface area contributed by atoms with Crippen LogP contribution in [0, 0.1) is 15.4 Å². The van der Waals surface area contributed by atoms with Crippen molar-refractivity contribution in [2.24, 2.45) is 0 Å². The summed E-state index contributed by atoms with van der Waals surface area (Å²) in [5.41, 5.74) is 1.04. The molecule has 0 spiro atoms. The van der Waals surface area contributed by atoms with Gasteiger partial charge in [-0.25, -0.2) is 0 Å². The van der Waals surface area contributed by atoms with Crippen LogP contribution in [0.15, 0.2) is 18.2 Å². The first-order valence-electron chi connectivity index (χ1n) is 3.12. The van der Waals surface area contributed by atoms with E-state index in [1.165, 1.54) is 0 Å². The number of benzene rings is 1. The Morgan fingerprint density at radius 1 is 1.45 bits per heavy atom. The van der Waals surface area contributed by atoms with Crippen molar-refractivity contribution in [1.82, 2.24) is 0 Å². The van der Waals surface area contributed by atoms with Gasteiger partial charge < -0.3 is 0 Å². The molecule has 0 N–H and O–H groups in total. The molecule has 0 aliphatic carbocycles. The highest BCUT2D eigenvalue weighted by Gasteiger charge is 1.95. The van der Waals surface area contributed by atoms with Gasteiger partial charge in [-0.1, -0.05) is 17.5 Å². The van der Waals surface area contributed by atoms with E-state index in [4.69, 9.17) is 11.6 Å². The molecule has 1 aromatic carbocycles. The Hall–Kier alpha value is -0.200. The average molecular weight is 277 g/mol. The molecule has 2 heteroatoms. The van der Waals surface area contributed by atoms with Crippen LogP contribution in [-0.4, -0.2) is 0 Å². The van der Waals surface area contributed by atoms with E-state index in [2.05, 4.69) is 34.4 Å². The Labute approximate surface area is 85.1 Å². The first kappa shape index (κ1) is 8.89. The van der Waals surface area contributed by atoms with Gasteiger partial charge in [0, 0.05) is 14.2 Å². The van der Waals surface area contributed by atoms with Crippen LogP contribution in [0.1, 0.15) is 12.5 Å². The Morgan fingerprint density at radius 3 is 2.73 bits per heavy atom. The Kier molecular flexibility index (Phi) is 3.22. The van der Waals surface area contributed by atoms with Crippen molar-refractivity contribution in [3.05, 3.63) is 32.4 Å². The second kappa shape index (κ2) is 3.99. The van der Waals surface area contributed by atoms with Gasteiger partial charge in [-0.05, 0) is 47.7 Å². The van der Waals surface area contributed by atoms with E-state index < -0.39 is 0 Å². The predicted octanol–water partition coefficient (Wildman–Crippen LogP) is 3.32. The Balaban J connectivity index is 3.16. The fraction of sp³-hybridized carbons (Fsp3) is 0.111. The highest BCUT2D eigenvalue weighted by Crippen LogP contribution is 2.16. The van der Waals surface area contributed by atoms with Gasteiger partial charge in [0.05, 0.1) is 0 Å². The van der Waals surface area contributed by atoms with Crippen molar-refractivity contribution in [1.29, 1.82) is 0 Å². The smallest absolute Gasteiger partial charge is 0.0417 e. The van der Waals surface area contributed by atoms with E-state index in [0.29, 0.717) is 0 Å². The molecule has 0 fully saturated rings. The predicted molar refractivity (Wildman–Crippen MR) is 56.7 cm³/mol. The van der Waals surface area contributed by atoms with Gasteiger partial charge in [0.2, 0.25) is 0 Å². The van der Waals surface area contributed by atoms with Gasteiger partial charge in [0.15, 0.2) is 0 Å². The lowest BCUT2D eigenvalue weighted by molar-refractivity contribution is 1.58. The zero-order chi connectivity index (χ0) is 8.27. The SMILES string of the molecule is CC#Cc1ccc(Cl)cc1I. The molecule has 0 saturated heterocycles. The second-order valence-corrected chi connectivity index (χ2v) is 3.60. The summed E-state index contributed by atoms with van der Waals surface area (Å²) in [4.78, 5) is 0. The minimum absolute atomic E-state index is 0.760. The molecule has 0 unspecified atom stereocenters. The highest BCUT2D eigenvalue weighted by atomic mass is 127. The normalized spacial score (nSPS) is 8.64. The molecule has 1 aromatic rings. The molecular weight excluding hydrogens is 270 g/mol. The van der Waals surface area contributed by atoms with E-state index in [1.807, 2.05) is 25.1 Å². The van der Waals surface area contributed by atoms with Crippen LogP contribution in [0.5, 0.6) is 0 Å². The van der Waals surface area contributed by atoms with Crippen LogP contribution < -0.4 is 0 Å². The lowest BCUT2D eigenvalue weighted by Gasteiger charge is -1.95. The van der Waals surface area contributed by atoms with E-state index in [0.717, 1.165) is 14.2 Å². The van der Waals surface area contributed by atoms with Gasteiger partial charge in [0.25, 0.3) is 0 Å². The number of rotatable bonds is 0. The monoisotopic (exact) mass is 276 g/mol. The molecule has 0 saturated carbocycles. The molecule has 0 heterocycles. The molecule has 0 bridgehead atoms. The minimum Gasteiger partial charge on any atom is -0.101 e. The minimum atomic E-state index is 0.760. The number of halogens is 2. The fourth-order valence-corrected chi connectivity index (χ4v) is 1.73. The van der Waals surface area contributed by atoms with Gasteiger partial charge >= 0.3 is 0 Å². The fourth-order valence-electron chi connectivity index (χ4n) is 0.726. The number of hydrogen-bond acceptors (Lipinski definition) is 0. The Bertz CT molecular complexity index is 320. The van der Waals surface area contributed by atoms with Crippen molar-refractivity contribution in [2.45, 2.75) is 6.92 Å². The van der Waals surface area contributed by atoms with Gasteiger partial charge in [-0.2, -0.15) is 0 Å². The first-order valence-corrected chi connectivity index (χ1v) is 4.57. The summed E-state index contributed by atoms with van der Waals surface area (Å²) in [5, 5.41) is 0.760. The molecule has 1 rings (SSSR count). The Morgan fingerprint density at radius 2 is 2.18 bits per heavy atom. The van der Waals surface area contributed by atoms with Crippen molar-refractivity contribution in [3.8, 4) is 11.8 Å². The molecule has 0 aliphatic rings. The van der Waals surface area contributed by atoms with E-state index in [1.54, 1.807) is 0 Å². The number of hydrogen-bond donors (Lipinski definition) is 0. The highest BCUT2D eigenvalue weighted by molar-refractivity contribution is 14.1. The molecule has 0 aromatic heterocycles. The lowest BCUT2D eigenvalue weighted by Crippen LogP contribution is -1.79. The maximum atomic E-state index is 5.76. The molecule has 0 aliphatic heterocycles. The average Bonchev–Trinajstić information content (AvgIpc) is 1.95. The topological polar surface area (TPSA) is 0 Å². The van der Waals surface area contributed by atoms with E-state index in [9.17, 15) is 0 Å². The van der Waals surface area contributed by atoms with E-state index in [-0.39, 0.29) is 0 Å². The van der Waals surface area contributed by atoms with Crippen molar-refractivity contribution in [2.75, 3.05) is 0 Å². The standard InChI is InChI=1S/C9H6ClI/c1-2-3-7-4-5-8(10)6-9(7)11/h4-6H,1H3. The summed E-state index contributed by atoms with van der Waals surface area (Å²) < 4.78 is 1.10. The third kappa shape index (κ3) is 2.39. The van der Waals surface area contributed by atoms with Gasteiger partial charge in [0.1, 0.15) is 0 Å². The molecule has 11 heavy (non-hydrogen) atoms. The molecule has 0 amide bonds. The maximum absolute atomic E-state index is 5.76. The van der Waals surface area contributed by atoms with Crippen molar-refractivity contribution >= 4 is 34.2 Å². The third-order valence-corrected chi connectivity index (χ3v) is 2.32. The van der Waals surface area contributed by atoms with Gasteiger partial charge in [-0.15, -0.1) is 5.92 Å². The molecule has 0 radical (unpaired) electrons. The lowest BCUT2D eigenvalue weighted by atomic mass is 10.2. The van der Waals surface area contributed by atoms with Crippen LogP contribution in [-0.2, 0) is 0 Å². The summed E-state index contributed by atoms with van der Waals surface area (Å²) in [6.07, 6.45) is 0. The summed E-state index contributed by atoms with van der Waals surface area (Å²) in [6.45, 7) is 1.82. The summed E-state index contributed by atoms with van der Waals surface area (Å²) in [5.74, 6) is 5.83. The quantitative estimate of drug-likeness (QED) is 0.504. The summed E-state index contributed by atoms with van der Waals surface area (Å²) in [6, 6.07) is 5.69. The summed E-state index contributed by atoms with van der Waals surface area (Å²) >= 11 is 7.99. The van der Waals surface area contributed by atoms with Crippen LogP contribution in [0.25, 0.3) is 0 Å². The van der Waals surface area contributed by atoms with Crippen LogP contribution in [0.3, 0.4) is 0 Å². The largest absolute Gasteiger partial charge is 0.101 e. The van der Waals surface area contributed by atoms with Crippen molar-refractivity contribution < 1.29 is 0 Å². The zero-order valence-electron chi connectivity index (χ0n) is 5.99. The van der Waals surface area contributed by atoms with Crippen LogP contribution >= 0.6 is 34.2 Å². The molecule has 0 atom stereocenters. The van der Waals surface area contributed by atoms with Crippen LogP contribution in [0.2, 0.25) is 5.02 Å². The second-order valence-electron chi connectivity index (χ2n) is 2.00. The molecular formula is C9H6ClI. The third-order valence-electron chi connectivity index (χ3n) is 1.19. The molecule has 56 valence electrons. The maximum Gasteiger partial charge on any atom is 0.0417 e.